The summed E-state index contributed by atoms with van der Waals surface area (Å²) in [5.74, 6) is -0.840. The minimum Gasteiger partial charge on any atom is -0.459 e. The summed E-state index contributed by atoms with van der Waals surface area (Å²) in [6.45, 7) is 1.06. The number of likely N-dealkylation sites (tertiary alicyclic amines) is 1. The second kappa shape index (κ2) is 7.31. The first kappa shape index (κ1) is 16.3. The first-order valence-corrected chi connectivity index (χ1v) is 8.49. The van der Waals surface area contributed by atoms with Gasteiger partial charge in [0.2, 0.25) is 5.91 Å². The number of nitrogens with one attached hydrogen (secondary N) is 2. The highest BCUT2D eigenvalue weighted by Crippen LogP contribution is 2.20. The van der Waals surface area contributed by atoms with Gasteiger partial charge in [0.05, 0.1) is 11.1 Å². The average molecular weight is 347 g/mol. The molecular formula is C16H17N3O4S. The third-order valence-corrected chi connectivity index (χ3v) is 4.79. The molecule has 8 heteroatoms. The quantitative estimate of drug-likeness (QED) is 0.826. The van der Waals surface area contributed by atoms with Crippen LogP contribution in [0.15, 0.2) is 40.3 Å². The number of carbonyl (C=O) groups excluding carboxylic acids is 3. The van der Waals surface area contributed by atoms with Crippen molar-refractivity contribution in [1.82, 2.24) is 15.8 Å². The number of rotatable bonds is 3. The Morgan fingerprint density at radius 2 is 1.92 bits per heavy atom. The van der Waals surface area contributed by atoms with Gasteiger partial charge in [-0.05, 0) is 36.4 Å². The van der Waals surface area contributed by atoms with Crippen molar-refractivity contribution >= 4 is 29.1 Å². The van der Waals surface area contributed by atoms with Crippen molar-refractivity contribution < 1.29 is 18.8 Å². The van der Waals surface area contributed by atoms with Crippen LogP contribution in [-0.2, 0) is 4.79 Å². The second-order valence-corrected chi connectivity index (χ2v) is 6.41. The van der Waals surface area contributed by atoms with Crippen molar-refractivity contribution in [3.8, 4) is 0 Å². The molecule has 2 N–H and O–H groups in total. The van der Waals surface area contributed by atoms with E-state index in [9.17, 15) is 14.4 Å². The maximum Gasteiger partial charge on any atom is 0.305 e. The molecule has 1 aliphatic heterocycles. The highest BCUT2D eigenvalue weighted by Gasteiger charge is 2.28. The Morgan fingerprint density at radius 1 is 1.12 bits per heavy atom. The van der Waals surface area contributed by atoms with E-state index in [1.807, 2.05) is 11.4 Å². The van der Waals surface area contributed by atoms with Gasteiger partial charge in [-0.25, -0.2) is 0 Å². The molecule has 2 aromatic heterocycles. The molecular weight excluding hydrogens is 330 g/mol. The van der Waals surface area contributed by atoms with Crippen LogP contribution >= 0.6 is 11.3 Å². The van der Waals surface area contributed by atoms with Crippen molar-refractivity contribution in [2.24, 2.45) is 5.92 Å². The molecule has 1 saturated heterocycles. The van der Waals surface area contributed by atoms with E-state index < -0.39 is 5.91 Å². The lowest BCUT2D eigenvalue weighted by Crippen LogP contribution is -2.48. The molecule has 0 aromatic carbocycles. The molecule has 0 unspecified atom stereocenters. The van der Waals surface area contributed by atoms with Crippen LogP contribution in [0.25, 0.3) is 0 Å². The lowest BCUT2D eigenvalue weighted by molar-refractivity contribution is -0.127. The zero-order valence-electron chi connectivity index (χ0n) is 12.9. The summed E-state index contributed by atoms with van der Waals surface area (Å²) in [6.07, 6.45) is 2.52. The lowest BCUT2D eigenvalue weighted by Gasteiger charge is -2.31. The van der Waals surface area contributed by atoms with Gasteiger partial charge in [0.15, 0.2) is 5.76 Å². The fourth-order valence-electron chi connectivity index (χ4n) is 2.59. The number of furan rings is 1. The highest BCUT2D eigenvalue weighted by molar-refractivity contribution is 7.12. The van der Waals surface area contributed by atoms with Gasteiger partial charge in [-0.3, -0.25) is 25.2 Å². The third-order valence-electron chi connectivity index (χ3n) is 3.93. The highest BCUT2D eigenvalue weighted by atomic mass is 32.1. The Bertz CT molecular complexity index is 704. The van der Waals surface area contributed by atoms with Gasteiger partial charge in [0, 0.05) is 19.0 Å². The fraction of sp³-hybridized carbons (Fsp3) is 0.312. The Labute approximate surface area is 142 Å². The van der Waals surface area contributed by atoms with Crippen molar-refractivity contribution in [3.05, 3.63) is 46.5 Å². The van der Waals surface area contributed by atoms with Gasteiger partial charge in [-0.2, -0.15) is 0 Å². The van der Waals surface area contributed by atoms with E-state index in [1.165, 1.54) is 23.7 Å². The van der Waals surface area contributed by atoms with Gasteiger partial charge < -0.3 is 9.32 Å². The van der Waals surface area contributed by atoms with E-state index >= 15 is 0 Å². The van der Waals surface area contributed by atoms with Crippen molar-refractivity contribution in [2.45, 2.75) is 12.8 Å². The van der Waals surface area contributed by atoms with Gasteiger partial charge >= 0.3 is 5.91 Å². The largest absolute Gasteiger partial charge is 0.459 e. The van der Waals surface area contributed by atoms with Crippen LogP contribution in [0.3, 0.4) is 0 Å². The van der Waals surface area contributed by atoms with E-state index in [0.717, 1.165) is 0 Å². The Balaban J connectivity index is 1.45. The van der Waals surface area contributed by atoms with E-state index in [4.69, 9.17) is 4.42 Å². The predicted molar refractivity (Wildman–Crippen MR) is 87.3 cm³/mol. The maximum absolute atomic E-state index is 12.3. The molecule has 3 rings (SSSR count). The number of carbonyl (C=O) groups is 3. The minimum absolute atomic E-state index is 0.00924. The van der Waals surface area contributed by atoms with Gasteiger partial charge in [-0.1, -0.05) is 6.07 Å². The van der Waals surface area contributed by atoms with Crippen molar-refractivity contribution in [1.29, 1.82) is 0 Å². The summed E-state index contributed by atoms with van der Waals surface area (Å²) in [7, 11) is 0. The lowest BCUT2D eigenvalue weighted by atomic mass is 9.96. The predicted octanol–water partition coefficient (Wildman–Crippen LogP) is 1.65. The Kier molecular flexibility index (Phi) is 4.95. The molecule has 0 saturated carbocycles. The molecule has 0 spiro atoms. The normalized spacial score (nSPS) is 15.1. The van der Waals surface area contributed by atoms with Crippen molar-refractivity contribution in [3.63, 3.8) is 0 Å². The van der Waals surface area contributed by atoms with Crippen LogP contribution in [0.2, 0.25) is 0 Å². The molecule has 7 nitrogen and oxygen atoms in total. The number of piperidine rings is 1. The molecule has 3 heterocycles. The second-order valence-electron chi connectivity index (χ2n) is 5.46. The number of amides is 3. The molecule has 24 heavy (non-hydrogen) atoms. The summed E-state index contributed by atoms with van der Waals surface area (Å²) >= 11 is 1.41. The summed E-state index contributed by atoms with van der Waals surface area (Å²) < 4.78 is 4.94. The Hall–Kier alpha value is -2.61. The minimum atomic E-state index is -0.501. The smallest absolute Gasteiger partial charge is 0.305 e. The van der Waals surface area contributed by atoms with E-state index in [0.29, 0.717) is 30.8 Å². The van der Waals surface area contributed by atoms with Crippen LogP contribution in [-0.4, -0.2) is 35.7 Å². The SMILES string of the molecule is O=C(NNC(=O)C1CCN(C(=O)c2cccs2)CC1)c1ccco1. The topological polar surface area (TPSA) is 91.7 Å². The monoisotopic (exact) mass is 347 g/mol. The van der Waals surface area contributed by atoms with Gasteiger partial charge in [-0.15, -0.1) is 11.3 Å². The zero-order chi connectivity index (χ0) is 16.9. The van der Waals surface area contributed by atoms with E-state index in [2.05, 4.69) is 10.9 Å². The summed E-state index contributed by atoms with van der Waals surface area (Å²) in [6, 6.07) is 6.75. The molecule has 1 fully saturated rings. The molecule has 2 aromatic rings. The molecule has 0 radical (unpaired) electrons. The third kappa shape index (κ3) is 3.65. The van der Waals surface area contributed by atoms with Gasteiger partial charge in [0.1, 0.15) is 0 Å². The van der Waals surface area contributed by atoms with Crippen LogP contribution < -0.4 is 10.9 Å². The van der Waals surface area contributed by atoms with Crippen LogP contribution in [0.4, 0.5) is 0 Å². The molecule has 0 atom stereocenters. The molecule has 3 amide bonds. The molecule has 1 aliphatic rings. The standard InChI is InChI=1S/C16H17N3O4S/c20-14(17-18-15(21)12-3-1-9-23-12)11-5-7-19(8-6-11)16(22)13-4-2-10-24-13/h1-4,9-11H,5-8H2,(H,17,20)(H,18,21). The number of hydrazine groups is 1. The first-order valence-electron chi connectivity index (χ1n) is 7.61. The summed E-state index contributed by atoms with van der Waals surface area (Å²) in [5, 5.41) is 1.87. The summed E-state index contributed by atoms with van der Waals surface area (Å²) in [4.78, 5) is 38.5. The number of hydrogen-bond donors (Lipinski definition) is 2. The maximum atomic E-state index is 12.3. The summed E-state index contributed by atoms with van der Waals surface area (Å²) in [5.41, 5.74) is 4.74. The first-order chi connectivity index (χ1) is 11.6. The van der Waals surface area contributed by atoms with Gasteiger partial charge in [0.25, 0.3) is 5.91 Å². The van der Waals surface area contributed by atoms with Crippen LogP contribution in [0, 0.1) is 5.92 Å². The number of thiophene rings is 1. The van der Waals surface area contributed by atoms with E-state index in [1.54, 1.807) is 17.0 Å². The molecule has 0 aliphatic carbocycles. The van der Waals surface area contributed by atoms with Crippen LogP contribution in [0.1, 0.15) is 33.1 Å². The van der Waals surface area contributed by atoms with E-state index in [-0.39, 0.29) is 23.5 Å². The number of hydrogen-bond acceptors (Lipinski definition) is 5. The Morgan fingerprint density at radius 3 is 2.54 bits per heavy atom. The average Bonchev–Trinajstić information content (AvgIpc) is 3.32. The molecule has 0 bridgehead atoms. The fourth-order valence-corrected chi connectivity index (χ4v) is 3.28. The molecule has 126 valence electrons. The van der Waals surface area contributed by atoms with Crippen LogP contribution in [0.5, 0.6) is 0 Å². The number of nitrogens with zero attached hydrogens (tertiary/aromatic N) is 1. The van der Waals surface area contributed by atoms with Crippen molar-refractivity contribution in [2.75, 3.05) is 13.1 Å². The zero-order valence-corrected chi connectivity index (χ0v) is 13.7.